The Bertz CT molecular complexity index is 395. The van der Waals surface area contributed by atoms with E-state index < -0.39 is 0 Å². The van der Waals surface area contributed by atoms with E-state index in [0.29, 0.717) is 16.3 Å². The van der Waals surface area contributed by atoms with Gasteiger partial charge < -0.3 is 19.9 Å². The fraction of sp³-hybridized carbons (Fsp3) is 0.882. The van der Waals surface area contributed by atoms with Gasteiger partial charge in [-0.1, -0.05) is 13.8 Å². The molecule has 2 saturated heterocycles. The summed E-state index contributed by atoms with van der Waals surface area (Å²) >= 11 is 0. The van der Waals surface area contributed by atoms with Gasteiger partial charge in [0.15, 0.2) is 5.69 Å². The van der Waals surface area contributed by atoms with Crippen molar-refractivity contribution >= 4 is 0 Å². The number of nitrogens with zero attached hydrogens (tertiary/aromatic N) is 5. The van der Waals surface area contributed by atoms with Gasteiger partial charge in [-0.2, -0.15) is 0 Å². The van der Waals surface area contributed by atoms with Gasteiger partial charge in [0.05, 0.1) is 0 Å². The van der Waals surface area contributed by atoms with Crippen LogP contribution in [0.25, 0.3) is 0 Å². The van der Waals surface area contributed by atoms with Crippen LogP contribution in [0.3, 0.4) is 0 Å². The number of likely N-dealkylation sites (N-methyl/N-ethyl adjacent to an activating group) is 2. The Morgan fingerprint density at radius 2 is 1.25 bits per heavy atom. The van der Waals surface area contributed by atoms with E-state index in [1.807, 2.05) is 0 Å². The smallest absolute Gasteiger partial charge is 0.217 e. The van der Waals surface area contributed by atoms with Crippen LogP contribution in [0.2, 0.25) is 0 Å². The molecule has 7 nitrogen and oxygen atoms in total. The van der Waals surface area contributed by atoms with Gasteiger partial charge in [-0.3, -0.25) is 4.63 Å². The molecule has 2 aliphatic rings. The Morgan fingerprint density at radius 1 is 0.833 bits per heavy atom. The van der Waals surface area contributed by atoms with Crippen molar-refractivity contribution in [1.29, 1.82) is 0 Å². The van der Waals surface area contributed by atoms with Crippen molar-refractivity contribution in [3.05, 3.63) is 16.6 Å². The van der Waals surface area contributed by atoms with Crippen molar-refractivity contribution in [3.63, 3.8) is 0 Å². The molecule has 2 aliphatic heterocycles. The molecule has 0 aliphatic carbocycles. The number of hydrogen-bond acceptors (Lipinski definition) is 6. The average molecular weight is 344 g/mol. The van der Waals surface area contributed by atoms with Gasteiger partial charge in [-0.25, -0.2) is 0 Å². The minimum atomic E-state index is 0. The molecule has 2 fully saturated rings. The van der Waals surface area contributed by atoms with E-state index >= 15 is 0 Å². The summed E-state index contributed by atoms with van der Waals surface area (Å²) in [6, 6.07) is 0. The second kappa shape index (κ2) is 12.2. The highest BCUT2D eigenvalue weighted by atomic mass is 16.8. The molecule has 0 aromatic carbocycles. The van der Waals surface area contributed by atoms with Crippen LogP contribution in [0, 0.1) is 19.1 Å². The lowest BCUT2D eigenvalue weighted by atomic mass is 10.1. The van der Waals surface area contributed by atoms with Crippen LogP contribution in [-0.2, 0) is 0 Å². The van der Waals surface area contributed by atoms with Gasteiger partial charge in [0.2, 0.25) is 5.69 Å². The first kappa shape index (κ1) is 22.8. The fourth-order valence-corrected chi connectivity index (χ4v) is 2.32. The fourth-order valence-electron chi connectivity index (χ4n) is 2.32. The maximum absolute atomic E-state index is 10.3. The van der Waals surface area contributed by atoms with Crippen molar-refractivity contribution in [2.75, 3.05) is 60.4 Å². The summed E-state index contributed by atoms with van der Waals surface area (Å²) in [5.41, 5.74) is 1.16. The molecular weight excluding hydrogens is 306 g/mol. The van der Waals surface area contributed by atoms with E-state index in [0.717, 1.165) is 0 Å². The van der Waals surface area contributed by atoms with E-state index in [1.54, 1.807) is 13.8 Å². The maximum Gasteiger partial charge on any atom is 0.217 e. The summed E-state index contributed by atoms with van der Waals surface area (Å²) in [6.07, 6.45) is 4.28. The maximum atomic E-state index is 10.3. The molecule has 3 rings (SSSR count). The van der Waals surface area contributed by atoms with Crippen molar-refractivity contribution in [3.8, 4) is 0 Å². The number of piperidine rings is 1. The summed E-state index contributed by atoms with van der Waals surface area (Å²) in [5, 5.41) is 13.7. The molecule has 0 N–H and O–H groups in total. The third kappa shape index (κ3) is 9.20. The molecule has 24 heavy (non-hydrogen) atoms. The molecule has 142 valence electrons. The normalized spacial score (nSPS) is 19.4. The number of likely N-dealkylation sites (tertiary alicyclic amines) is 1. The highest BCUT2D eigenvalue weighted by Crippen LogP contribution is 2.04. The number of aryl methyl sites for hydroxylation is 1. The number of hydrogen-bond donors (Lipinski definition) is 0. The van der Waals surface area contributed by atoms with Gasteiger partial charge in [-0.05, 0) is 52.0 Å². The van der Waals surface area contributed by atoms with Crippen LogP contribution < -0.4 is 4.90 Å². The third-order valence-electron chi connectivity index (χ3n) is 4.36. The lowest BCUT2D eigenvalue weighted by molar-refractivity contribution is -0.806. The van der Waals surface area contributed by atoms with E-state index in [2.05, 4.69) is 45.6 Å². The van der Waals surface area contributed by atoms with Crippen molar-refractivity contribution < 1.29 is 9.53 Å². The van der Waals surface area contributed by atoms with Crippen LogP contribution in [0.15, 0.2) is 4.63 Å². The Morgan fingerprint density at radius 3 is 1.46 bits per heavy atom. The quantitative estimate of drug-likeness (QED) is 0.666. The highest BCUT2D eigenvalue weighted by Gasteiger charge is 2.08. The molecular formula is C17H37N5O2. The Kier molecular flexibility index (Phi) is 11.6. The van der Waals surface area contributed by atoms with Gasteiger partial charge in [-0.15, -0.1) is 0 Å². The van der Waals surface area contributed by atoms with Crippen LogP contribution in [-0.4, -0.2) is 80.3 Å². The zero-order valence-electron chi connectivity index (χ0n) is 15.4. The Labute approximate surface area is 147 Å². The minimum Gasteiger partial charge on any atom is -0.359 e. The lowest BCUT2D eigenvalue weighted by Crippen LogP contribution is -2.42. The Hall–Kier alpha value is -1.18. The first-order valence-electron chi connectivity index (χ1n) is 8.48. The molecule has 0 saturated carbocycles. The largest absolute Gasteiger partial charge is 0.359 e. The van der Waals surface area contributed by atoms with Crippen molar-refractivity contribution in [2.24, 2.45) is 0 Å². The summed E-state index contributed by atoms with van der Waals surface area (Å²) < 4.78 is 4.21. The molecule has 1 aromatic heterocycles. The van der Waals surface area contributed by atoms with Crippen molar-refractivity contribution in [1.82, 2.24) is 19.9 Å². The van der Waals surface area contributed by atoms with Crippen molar-refractivity contribution in [2.45, 2.75) is 40.5 Å². The van der Waals surface area contributed by atoms with E-state index in [4.69, 9.17) is 0 Å². The summed E-state index contributed by atoms with van der Waals surface area (Å²) in [5.74, 6) is 0. The predicted octanol–water partition coefficient (Wildman–Crippen LogP) is 1.53. The monoisotopic (exact) mass is 343 g/mol. The molecule has 0 amide bonds. The molecule has 0 atom stereocenters. The summed E-state index contributed by atoms with van der Waals surface area (Å²) in [4.78, 5) is 7.50. The summed E-state index contributed by atoms with van der Waals surface area (Å²) in [7, 11) is 6.54. The molecule has 3 heterocycles. The van der Waals surface area contributed by atoms with E-state index in [-0.39, 0.29) is 7.43 Å². The molecule has 0 unspecified atom stereocenters. The van der Waals surface area contributed by atoms with Crippen LogP contribution >= 0.6 is 0 Å². The first-order valence-corrected chi connectivity index (χ1v) is 8.48. The second-order valence-corrected chi connectivity index (χ2v) is 6.57. The Balaban J connectivity index is 0.000000325. The highest BCUT2D eigenvalue weighted by molar-refractivity contribution is 4.95. The number of aromatic nitrogens is 2. The van der Waals surface area contributed by atoms with Crippen LogP contribution in [0.4, 0.5) is 0 Å². The second-order valence-electron chi connectivity index (χ2n) is 6.57. The van der Waals surface area contributed by atoms with Gasteiger partial charge >= 0.3 is 0 Å². The minimum absolute atomic E-state index is 0. The van der Waals surface area contributed by atoms with Crippen LogP contribution in [0.5, 0.6) is 0 Å². The SMILES string of the molecule is C.CN1CCCCC1.CN1CCN(C)CC1.Cc1no[n+]([O-])c1C. The third-order valence-corrected chi connectivity index (χ3v) is 4.36. The average Bonchev–Trinajstić information content (AvgIpc) is 2.83. The zero-order valence-corrected chi connectivity index (χ0v) is 15.4. The number of piperazine rings is 1. The predicted molar refractivity (Wildman–Crippen MR) is 98.0 cm³/mol. The summed E-state index contributed by atoms with van der Waals surface area (Å²) in [6.45, 7) is 10.9. The lowest BCUT2D eigenvalue weighted by Gasteiger charge is -2.28. The number of rotatable bonds is 0. The van der Waals surface area contributed by atoms with Gasteiger partial charge in [0.25, 0.3) is 0 Å². The zero-order chi connectivity index (χ0) is 17.2. The molecule has 1 aromatic rings. The van der Waals surface area contributed by atoms with Gasteiger partial charge in [0.1, 0.15) is 0 Å². The van der Waals surface area contributed by atoms with E-state index in [9.17, 15) is 5.21 Å². The molecule has 0 bridgehead atoms. The molecule has 0 radical (unpaired) electrons. The van der Waals surface area contributed by atoms with E-state index in [1.165, 1.54) is 58.5 Å². The topological polar surface area (TPSA) is 62.7 Å². The standard InChI is InChI=1S/C6H14N2.C6H13N.C4H6N2O2.CH4/c1-7-3-5-8(2)6-4-7;1-7-5-3-2-4-6-7;1-3-4(2)6(7)8-5-3;/h3-6H2,1-2H3;2-6H2,1H3;1-2H3;1H4. The molecule has 0 spiro atoms. The van der Waals surface area contributed by atoms with Gasteiger partial charge in [0, 0.05) is 45.2 Å². The molecule has 7 heteroatoms. The van der Waals surface area contributed by atoms with Crippen LogP contribution in [0.1, 0.15) is 38.1 Å². The first-order chi connectivity index (χ1) is 10.9.